The normalized spacial score (nSPS) is 17.8. The fourth-order valence-electron chi connectivity index (χ4n) is 4.17. The molecular formula is C28H26FN3O3S. The fraction of sp³-hybridized carbons (Fsp3) is 0.214. The lowest BCUT2D eigenvalue weighted by molar-refractivity contribution is -0.124. The maximum absolute atomic E-state index is 13.2. The van der Waals surface area contributed by atoms with Crippen LogP contribution in [0.5, 0.6) is 5.75 Å². The molecule has 0 unspecified atom stereocenters. The predicted molar refractivity (Wildman–Crippen MR) is 140 cm³/mol. The molecular weight excluding hydrogens is 477 g/mol. The monoisotopic (exact) mass is 503 g/mol. The number of halogens is 1. The predicted octanol–water partition coefficient (Wildman–Crippen LogP) is 5.22. The third-order valence-electron chi connectivity index (χ3n) is 6.21. The molecule has 8 heteroatoms. The van der Waals surface area contributed by atoms with Gasteiger partial charge < -0.3 is 9.64 Å². The zero-order valence-corrected chi connectivity index (χ0v) is 20.5. The smallest absolute Gasteiger partial charge is 0.294 e. The summed E-state index contributed by atoms with van der Waals surface area (Å²) in [6.45, 7) is 3.67. The number of imide groups is 1. The molecule has 0 aliphatic carbocycles. The minimum Gasteiger partial charge on any atom is -0.489 e. The van der Waals surface area contributed by atoms with Crippen LogP contribution in [-0.4, -0.2) is 53.8 Å². The van der Waals surface area contributed by atoms with Gasteiger partial charge in [0.2, 0.25) is 0 Å². The van der Waals surface area contributed by atoms with Crippen molar-refractivity contribution < 1.29 is 18.7 Å². The van der Waals surface area contributed by atoms with Gasteiger partial charge in [-0.15, -0.1) is 0 Å². The highest BCUT2D eigenvalue weighted by molar-refractivity contribution is 8.18. The van der Waals surface area contributed by atoms with Crippen LogP contribution in [-0.2, 0) is 11.4 Å². The standard InChI is InChI=1S/C28H26FN3O3S/c29-23-8-10-24(11-9-23)31-16-14-30(15-17-31)20-32-27(33)26(36-28(32)34)18-21-6-12-25(13-7-21)35-19-22-4-2-1-3-5-22/h1-13,18H,14-17,19-20H2. The average molecular weight is 504 g/mol. The first kappa shape index (κ1) is 24.1. The number of hydrogen-bond acceptors (Lipinski definition) is 6. The number of nitrogens with zero attached hydrogens (tertiary/aromatic N) is 3. The van der Waals surface area contributed by atoms with Crippen LogP contribution in [0.3, 0.4) is 0 Å². The van der Waals surface area contributed by atoms with Crippen LogP contribution in [0.4, 0.5) is 14.9 Å². The number of rotatable bonds is 7. The minimum absolute atomic E-state index is 0.253. The molecule has 0 spiro atoms. The Morgan fingerprint density at radius 2 is 1.56 bits per heavy atom. The van der Waals surface area contributed by atoms with Crippen molar-refractivity contribution in [3.63, 3.8) is 0 Å². The van der Waals surface area contributed by atoms with Crippen LogP contribution in [0, 0.1) is 5.82 Å². The van der Waals surface area contributed by atoms with Crippen molar-refractivity contribution in [2.75, 3.05) is 37.7 Å². The summed E-state index contributed by atoms with van der Waals surface area (Å²) in [4.78, 5) is 31.5. The van der Waals surface area contributed by atoms with E-state index in [-0.39, 0.29) is 23.6 Å². The zero-order valence-electron chi connectivity index (χ0n) is 19.7. The van der Waals surface area contributed by atoms with Gasteiger partial charge in [-0.05, 0) is 65.4 Å². The molecule has 0 saturated carbocycles. The molecule has 36 heavy (non-hydrogen) atoms. The first-order chi connectivity index (χ1) is 17.5. The lowest BCUT2D eigenvalue weighted by Crippen LogP contribution is -2.50. The lowest BCUT2D eigenvalue weighted by Gasteiger charge is -2.37. The summed E-state index contributed by atoms with van der Waals surface area (Å²) in [7, 11) is 0. The van der Waals surface area contributed by atoms with Gasteiger partial charge in [-0.1, -0.05) is 42.5 Å². The van der Waals surface area contributed by atoms with Crippen molar-refractivity contribution in [3.05, 3.63) is 101 Å². The van der Waals surface area contributed by atoms with Crippen molar-refractivity contribution in [2.45, 2.75) is 6.61 Å². The van der Waals surface area contributed by atoms with Crippen molar-refractivity contribution in [3.8, 4) is 5.75 Å². The third kappa shape index (κ3) is 5.78. The van der Waals surface area contributed by atoms with Crippen molar-refractivity contribution >= 4 is 34.7 Å². The Kier molecular flexibility index (Phi) is 7.34. The van der Waals surface area contributed by atoms with Gasteiger partial charge in [-0.2, -0.15) is 0 Å². The number of hydrogen-bond donors (Lipinski definition) is 0. The summed E-state index contributed by atoms with van der Waals surface area (Å²) in [5, 5.41) is -0.255. The van der Waals surface area contributed by atoms with Crippen LogP contribution in [0.15, 0.2) is 83.8 Å². The highest BCUT2D eigenvalue weighted by Gasteiger charge is 2.36. The van der Waals surface area contributed by atoms with Crippen molar-refractivity contribution in [1.82, 2.24) is 9.80 Å². The molecule has 3 aromatic carbocycles. The molecule has 2 fully saturated rings. The number of benzene rings is 3. The number of piperazine rings is 1. The van der Waals surface area contributed by atoms with Gasteiger partial charge in [0.15, 0.2) is 0 Å². The van der Waals surface area contributed by atoms with Gasteiger partial charge in [0.1, 0.15) is 18.2 Å². The second kappa shape index (κ2) is 11.0. The maximum Gasteiger partial charge on any atom is 0.294 e. The Morgan fingerprint density at radius 1 is 0.861 bits per heavy atom. The molecule has 0 aromatic heterocycles. The van der Waals surface area contributed by atoms with Gasteiger partial charge in [-0.3, -0.25) is 19.4 Å². The summed E-state index contributed by atoms with van der Waals surface area (Å²) < 4.78 is 19.0. The average Bonchev–Trinajstić information content (AvgIpc) is 3.17. The number of thioether (sulfide) groups is 1. The first-order valence-electron chi connectivity index (χ1n) is 11.8. The quantitative estimate of drug-likeness (QED) is 0.412. The summed E-state index contributed by atoms with van der Waals surface area (Å²) in [6, 6.07) is 23.9. The van der Waals surface area contributed by atoms with Crippen LogP contribution in [0.1, 0.15) is 11.1 Å². The Hall–Kier alpha value is -3.62. The van der Waals surface area contributed by atoms with Gasteiger partial charge in [-0.25, -0.2) is 4.39 Å². The van der Waals surface area contributed by atoms with E-state index < -0.39 is 0 Å². The van der Waals surface area contributed by atoms with Gasteiger partial charge in [0.05, 0.1) is 11.6 Å². The molecule has 184 valence electrons. The second-order valence-corrected chi connectivity index (χ2v) is 9.67. The largest absolute Gasteiger partial charge is 0.489 e. The molecule has 2 saturated heterocycles. The fourth-order valence-corrected chi connectivity index (χ4v) is 5.01. The number of amides is 2. The number of anilines is 1. The summed E-state index contributed by atoms with van der Waals surface area (Å²) in [5.41, 5.74) is 2.90. The van der Waals surface area contributed by atoms with Crippen LogP contribution >= 0.6 is 11.8 Å². The van der Waals surface area contributed by atoms with E-state index >= 15 is 0 Å². The molecule has 0 N–H and O–H groups in total. The molecule has 2 aliphatic rings. The summed E-state index contributed by atoms with van der Waals surface area (Å²) >= 11 is 0.970. The molecule has 2 aliphatic heterocycles. The van der Waals surface area contributed by atoms with Crippen LogP contribution in [0.25, 0.3) is 6.08 Å². The highest BCUT2D eigenvalue weighted by atomic mass is 32.2. The SMILES string of the molecule is O=C1SC(=Cc2ccc(OCc3ccccc3)cc2)C(=O)N1CN1CCN(c2ccc(F)cc2)CC1. The molecule has 2 amide bonds. The van der Waals surface area contributed by atoms with E-state index in [9.17, 15) is 14.0 Å². The van der Waals surface area contributed by atoms with Crippen LogP contribution in [0.2, 0.25) is 0 Å². The second-order valence-electron chi connectivity index (χ2n) is 8.68. The van der Waals surface area contributed by atoms with Crippen LogP contribution < -0.4 is 9.64 Å². The number of ether oxygens (including phenoxy) is 1. The topological polar surface area (TPSA) is 53.1 Å². The minimum atomic E-state index is -0.268. The molecule has 0 bridgehead atoms. The third-order valence-corrected chi connectivity index (χ3v) is 7.11. The van der Waals surface area contributed by atoms with E-state index in [0.717, 1.165) is 47.4 Å². The van der Waals surface area contributed by atoms with E-state index in [1.807, 2.05) is 54.6 Å². The Balaban J connectivity index is 1.15. The van der Waals surface area contributed by atoms with E-state index in [1.54, 1.807) is 18.2 Å². The molecule has 0 atom stereocenters. The summed E-state index contributed by atoms with van der Waals surface area (Å²) in [6.07, 6.45) is 1.75. The first-order valence-corrected chi connectivity index (χ1v) is 12.6. The lowest BCUT2D eigenvalue weighted by atomic mass is 10.2. The van der Waals surface area contributed by atoms with Gasteiger partial charge in [0.25, 0.3) is 11.1 Å². The zero-order chi connectivity index (χ0) is 24.9. The van der Waals surface area contributed by atoms with Gasteiger partial charge in [0, 0.05) is 31.9 Å². The van der Waals surface area contributed by atoms with Crippen molar-refractivity contribution in [1.29, 1.82) is 0 Å². The number of carbonyl (C=O) groups excluding carboxylic acids is 2. The molecule has 5 rings (SSSR count). The van der Waals surface area contributed by atoms with E-state index in [2.05, 4.69) is 9.80 Å². The van der Waals surface area contributed by atoms with E-state index in [4.69, 9.17) is 4.74 Å². The highest BCUT2D eigenvalue weighted by Crippen LogP contribution is 2.33. The Morgan fingerprint density at radius 3 is 2.25 bits per heavy atom. The van der Waals surface area contributed by atoms with Crippen molar-refractivity contribution in [2.24, 2.45) is 0 Å². The number of carbonyl (C=O) groups is 2. The summed E-state index contributed by atoms with van der Waals surface area (Å²) in [5.74, 6) is 0.219. The van der Waals surface area contributed by atoms with E-state index in [1.165, 1.54) is 17.0 Å². The van der Waals surface area contributed by atoms with E-state index in [0.29, 0.717) is 24.6 Å². The molecule has 0 radical (unpaired) electrons. The molecule has 3 aromatic rings. The Bertz CT molecular complexity index is 1240. The maximum atomic E-state index is 13.2. The Labute approximate surface area is 213 Å². The molecule has 6 nitrogen and oxygen atoms in total. The molecule has 2 heterocycles. The van der Waals surface area contributed by atoms with Gasteiger partial charge >= 0.3 is 0 Å².